The molecule has 1 heterocycles. The Labute approximate surface area is 123 Å². The first kappa shape index (κ1) is 14.4. The molecule has 0 aliphatic heterocycles. The van der Waals surface area contributed by atoms with Crippen LogP contribution in [0.1, 0.15) is 15.3 Å². The van der Waals surface area contributed by atoms with E-state index in [0.29, 0.717) is 11.6 Å². The summed E-state index contributed by atoms with van der Waals surface area (Å²) >= 11 is 7.77. The molecule has 0 amide bonds. The molecule has 0 atom stereocenters. The zero-order valence-electron chi connectivity index (χ0n) is 11.2. The number of hydrogen-bond donors (Lipinski definition) is 1. The zero-order valence-corrected chi connectivity index (χ0v) is 12.8. The fourth-order valence-electron chi connectivity index (χ4n) is 1.75. The van der Waals surface area contributed by atoms with Gasteiger partial charge in [0.25, 0.3) is 0 Å². The highest BCUT2D eigenvalue weighted by molar-refractivity contribution is 7.11. The van der Waals surface area contributed by atoms with Crippen LogP contribution in [0.25, 0.3) is 0 Å². The van der Waals surface area contributed by atoms with Crippen LogP contribution >= 0.6 is 22.9 Å². The van der Waals surface area contributed by atoms with Crippen molar-refractivity contribution >= 4 is 22.9 Å². The molecule has 102 valence electrons. The van der Waals surface area contributed by atoms with Crippen molar-refractivity contribution < 1.29 is 4.74 Å². The molecular formula is C15H18ClNOS. The van der Waals surface area contributed by atoms with Crippen molar-refractivity contribution in [1.82, 2.24) is 5.32 Å². The molecule has 0 radical (unpaired) electrons. The first-order chi connectivity index (χ1) is 9.15. The summed E-state index contributed by atoms with van der Waals surface area (Å²) < 4.78 is 5.72. The van der Waals surface area contributed by atoms with Crippen LogP contribution in [0.5, 0.6) is 5.75 Å². The second-order valence-corrected chi connectivity index (χ2v) is 6.26. The molecule has 0 spiro atoms. The number of ether oxygens (including phenoxy) is 1. The molecule has 1 N–H and O–H groups in total. The molecule has 19 heavy (non-hydrogen) atoms. The molecular weight excluding hydrogens is 278 g/mol. The van der Waals surface area contributed by atoms with E-state index in [1.54, 1.807) is 0 Å². The molecule has 0 saturated heterocycles. The molecule has 0 saturated carbocycles. The van der Waals surface area contributed by atoms with Crippen LogP contribution in [-0.4, -0.2) is 13.2 Å². The van der Waals surface area contributed by atoms with E-state index in [1.165, 1.54) is 9.75 Å². The topological polar surface area (TPSA) is 21.3 Å². The minimum Gasteiger partial charge on any atom is -0.492 e. The minimum atomic E-state index is 0.644. The molecule has 2 rings (SSSR count). The Morgan fingerprint density at radius 2 is 2.05 bits per heavy atom. The van der Waals surface area contributed by atoms with Crippen LogP contribution in [0.15, 0.2) is 30.3 Å². The van der Waals surface area contributed by atoms with Gasteiger partial charge in [0, 0.05) is 27.9 Å². The molecule has 0 fully saturated rings. The van der Waals surface area contributed by atoms with Gasteiger partial charge in [-0.2, -0.15) is 0 Å². The number of rotatable bonds is 6. The maximum Gasteiger partial charge on any atom is 0.123 e. The van der Waals surface area contributed by atoms with Crippen molar-refractivity contribution in [2.24, 2.45) is 0 Å². The summed E-state index contributed by atoms with van der Waals surface area (Å²) in [5, 5.41) is 4.08. The SMILES string of the molecule is Cc1ccc(CNCCOc2cc(Cl)ccc2C)s1. The molecule has 4 heteroatoms. The monoisotopic (exact) mass is 295 g/mol. The molecule has 2 nitrogen and oxygen atoms in total. The minimum absolute atomic E-state index is 0.644. The fraction of sp³-hybridized carbons (Fsp3) is 0.333. The van der Waals surface area contributed by atoms with E-state index in [0.717, 1.165) is 24.4 Å². The van der Waals surface area contributed by atoms with E-state index in [2.05, 4.69) is 24.4 Å². The van der Waals surface area contributed by atoms with Gasteiger partial charge in [-0.25, -0.2) is 0 Å². The van der Waals surface area contributed by atoms with Gasteiger partial charge in [0.15, 0.2) is 0 Å². The number of hydrogen-bond acceptors (Lipinski definition) is 3. The lowest BCUT2D eigenvalue weighted by Gasteiger charge is -2.09. The molecule has 0 aliphatic carbocycles. The summed E-state index contributed by atoms with van der Waals surface area (Å²) in [6.45, 7) is 6.51. The second kappa shape index (κ2) is 6.94. The largest absolute Gasteiger partial charge is 0.492 e. The summed E-state index contributed by atoms with van der Waals surface area (Å²) in [7, 11) is 0. The maximum atomic E-state index is 5.95. The van der Waals surface area contributed by atoms with Crippen molar-refractivity contribution in [2.75, 3.05) is 13.2 Å². The van der Waals surface area contributed by atoms with Crippen LogP contribution in [0, 0.1) is 13.8 Å². The van der Waals surface area contributed by atoms with Gasteiger partial charge < -0.3 is 10.1 Å². The van der Waals surface area contributed by atoms with E-state index in [-0.39, 0.29) is 0 Å². The number of halogens is 1. The van der Waals surface area contributed by atoms with Crippen LogP contribution in [-0.2, 0) is 6.54 Å². The van der Waals surface area contributed by atoms with Crippen LogP contribution in [0.4, 0.5) is 0 Å². The average molecular weight is 296 g/mol. The van der Waals surface area contributed by atoms with Gasteiger partial charge in [0.05, 0.1) is 0 Å². The Morgan fingerprint density at radius 3 is 2.79 bits per heavy atom. The van der Waals surface area contributed by atoms with Gasteiger partial charge in [0.2, 0.25) is 0 Å². The third-order valence-corrected chi connectivity index (χ3v) is 4.02. The van der Waals surface area contributed by atoms with Crippen LogP contribution in [0.3, 0.4) is 0 Å². The number of nitrogens with one attached hydrogen (secondary N) is 1. The summed E-state index contributed by atoms with van der Waals surface area (Å²) in [5.41, 5.74) is 1.11. The fourth-order valence-corrected chi connectivity index (χ4v) is 2.78. The highest BCUT2D eigenvalue weighted by atomic mass is 35.5. The van der Waals surface area contributed by atoms with Gasteiger partial charge in [0.1, 0.15) is 12.4 Å². The lowest BCUT2D eigenvalue weighted by molar-refractivity contribution is 0.312. The normalized spacial score (nSPS) is 10.7. The Balaban J connectivity index is 1.70. The van der Waals surface area contributed by atoms with E-state index in [1.807, 2.05) is 36.5 Å². The Morgan fingerprint density at radius 1 is 1.21 bits per heavy atom. The third kappa shape index (κ3) is 4.53. The van der Waals surface area contributed by atoms with Crippen molar-refractivity contribution in [2.45, 2.75) is 20.4 Å². The van der Waals surface area contributed by atoms with Crippen molar-refractivity contribution in [3.05, 3.63) is 50.7 Å². The molecule has 0 bridgehead atoms. The van der Waals surface area contributed by atoms with E-state index in [9.17, 15) is 0 Å². The molecule has 1 aromatic heterocycles. The highest BCUT2D eigenvalue weighted by Gasteiger charge is 2.00. The van der Waals surface area contributed by atoms with Crippen LogP contribution in [0.2, 0.25) is 5.02 Å². The standard InChI is InChI=1S/C15H18ClNOS/c1-11-3-5-13(16)9-15(11)18-8-7-17-10-14-6-4-12(2)19-14/h3-6,9,17H,7-8,10H2,1-2H3. The van der Waals surface area contributed by atoms with Crippen LogP contribution < -0.4 is 10.1 Å². The average Bonchev–Trinajstić information content (AvgIpc) is 2.79. The summed E-state index contributed by atoms with van der Waals surface area (Å²) in [4.78, 5) is 2.71. The molecule has 0 aliphatic rings. The lowest BCUT2D eigenvalue weighted by atomic mass is 10.2. The number of benzene rings is 1. The number of thiophene rings is 1. The van der Waals surface area contributed by atoms with Crippen molar-refractivity contribution in [3.8, 4) is 5.75 Å². The van der Waals surface area contributed by atoms with Crippen molar-refractivity contribution in [3.63, 3.8) is 0 Å². The first-order valence-corrected chi connectivity index (χ1v) is 7.49. The molecule has 1 aromatic carbocycles. The lowest BCUT2D eigenvalue weighted by Crippen LogP contribution is -2.20. The van der Waals surface area contributed by atoms with E-state index >= 15 is 0 Å². The summed E-state index contributed by atoms with van der Waals surface area (Å²) in [5.74, 6) is 0.862. The Bertz CT molecular complexity index is 539. The van der Waals surface area contributed by atoms with Gasteiger partial charge in [-0.05, 0) is 43.7 Å². The predicted molar refractivity (Wildman–Crippen MR) is 82.4 cm³/mol. The molecule has 0 unspecified atom stereocenters. The van der Waals surface area contributed by atoms with E-state index < -0.39 is 0 Å². The first-order valence-electron chi connectivity index (χ1n) is 6.30. The highest BCUT2D eigenvalue weighted by Crippen LogP contribution is 2.22. The smallest absolute Gasteiger partial charge is 0.123 e. The van der Waals surface area contributed by atoms with Gasteiger partial charge in [-0.3, -0.25) is 0 Å². The van der Waals surface area contributed by atoms with Crippen molar-refractivity contribution in [1.29, 1.82) is 0 Å². The summed E-state index contributed by atoms with van der Waals surface area (Å²) in [6, 6.07) is 10.0. The molecule has 2 aromatic rings. The zero-order chi connectivity index (χ0) is 13.7. The Hall–Kier alpha value is -1.03. The summed E-state index contributed by atoms with van der Waals surface area (Å²) in [6.07, 6.45) is 0. The van der Waals surface area contributed by atoms with Gasteiger partial charge in [-0.1, -0.05) is 17.7 Å². The maximum absolute atomic E-state index is 5.95. The van der Waals surface area contributed by atoms with Gasteiger partial charge >= 0.3 is 0 Å². The third-order valence-electron chi connectivity index (χ3n) is 2.78. The number of aryl methyl sites for hydroxylation is 2. The predicted octanol–water partition coefficient (Wildman–Crippen LogP) is 4.19. The Kier molecular flexibility index (Phi) is 5.25. The quantitative estimate of drug-likeness (QED) is 0.807. The van der Waals surface area contributed by atoms with Gasteiger partial charge in [-0.15, -0.1) is 11.3 Å². The van der Waals surface area contributed by atoms with E-state index in [4.69, 9.17) is 16.3 Å². The second-order valence-electron chi connectivity index (χ2n) is 4.45.